The molecule has 0 atom stereocenters. The zero-order valence-corrected chi connectivity index (χ0v) is 15.9. The van der Waals surface area contributed by atoms with Gasteiger partial charge in [0.25, 0.3) is 0 Å². The summed E-state index contributed by atoms with van der Waals surface area (Å²) in [6.45, 7) is 3.16. The number of carbonyl (C=O) groups excluding carboxylic acids is 1. The Hall–Kier alpha value is -1.33. The molecule has 0 saturated carbocycles. The molecule has 0 saturated heterocycles. The molecule has 8 heteroatoms. The van der Waals surface area contributed by atoms with E-state index in [0.29, 0.717) is 44.7 Å². The number of ether oxygens (including phenoxy) is 5. The fourth-order valence-electron chi connectivity index (χ4n) is 1.68. The van der Waals surface area contributed by atoms with Crippen LogP contribution in [0.2, 0.25) is 10.0 Å². The van der Waals surface area contributed by atoms with Crippen LogP contribution in [-0.2, 0) is 23.7 Å². The molecule has 0 radical (unpaired) electrons. The largest absolute Gasteiger partial charge is 0.425 e. The summed E-state index contributed by atoms with van der Waals surface area (Å²) in [7, 11) is 0. The van der Waals surface area contributed by atoms with Gasteiger partial charge in [0, 0.05) is 5.02 Å². The number of hydrogen-bond donors (Lipinski definition) is 0. The van der Waals surface area contributed by atoms with Gasteiger partial charge in [0.2, 0.25) is 0 Å². The lowest BCUT2D eigenvalue weighted by atomic mass is 10.3. The molecular weight excluding hydrogens is 383 g/mol. The first kappa shape index (κ1) is 22.7. The maximum Gasteiger partial charge on any atom is 0.313 e. The fourth-order valence-corrected chi connectivity index (χ4v) is 2.13. The van der Waals surface area contributed by atoms with Crippen LogP contribution in [0.25, 0.3) is 0 Å². The number of terminal acetylenes is 1. The van der Waals surface area contributed by atoms with Crippen molar-refractivity contribution < 1.29 is 28.5 Å². The van der Waals surface area contributed by atoms with E-state index in [1.165, 1.54) is 6.07 Å². The first-order valence-electron chi connectivity index (χ1n) is 8.03. The molecule has 0 aliphatic rings. The van der Waals surface area contributed by atoms with Gasteiger partial charge in [-0.15, -0.1) is 6.42 Å². The SMILES string of the molecule is C#CCOCCOCCOCCOCCC(=O)Oc1ccc(Cl)cc1Cl. The van der Waals surface area contributed by atoms with Crippen LogP contribution in [0.4, 0.5) is 0 Å². The average Bonchev–Trinajstić information content (AvgIpc) is 2.61. The Bertz CT molecular complexity index is 573. The van der Waals surface area contributed by atoms with Crippen LogP contribution in [0.3, 0.4) is 0 Å². The van der Waals surface area contributed by atoms with E-state index in [1.54, 1.807) is 12.1 Å². The van der Waals surface area contributed by atoms with Crippen LogP contribution in [-0.4, -0.2) is 58.8 Å². The van der Waals surface area contributed by atoms with Gasteiger partial charge in [-0.1, -0.05) is 29.1 Å². The summed E-state index contributed by atoms with van der Waals surface area (Å²) < 4.78 is 26.1. The normalized spacial score (nSPS) is 10.5. The molecule has 0 bridgehead atoms. The minimum absolute atomic E-state index is 0.111. The maximum atomic E-state index is 11.7. The first-order chi connectivity index (χ1) is 12.6. The summed E-state index contributed by atoms with van der Waals surface area (Å²) in [5.74, 6) is 2.21. The predicted molar refractivity (Wildman–Crippen MR) is 98.8 cm³/mol. The van der Waals surface area contributed by atoms with Gasteiger partial charge in [-0.25, -0.2) is 0 Å². The molecule has 0 aliphatic carbocycles. The van der Waals surface area contributed by atoms with Crippen molar-refractivity contribution in [2.45, 2.75) is 6.42 Å². The highest BCUT2D eigenvalue weighted by atomic mass is 35.5. The van der Waals surface area contributed by atoms with E-state index >= 15 is 0 Å². The van der Waals surface area contributed by atoms with Gasteiger partial charge >= 0.3 is 5.97 Å². The Kier molecular flexibility index (Phi) is 12.9. The highest BCUT2D eigenvalue weighted by Crippen LogP contribution is 2.27. The van der Waals surface area contributed by atoms with Crippen molar-refractivity contribution in [2.75, 3.05) is 52.9 Å². The van der Waals surface area contributed by atoms with Gasteiger partial charge in [0.15, 0.2) is 0 Å². The molecule has 0 unspecified atom stereocenters. The number of halogens is 2. The summed E-state index contributed by atoms with van der Waals surface area (Å²) in [4.78, 5) is 11.7. The van der Waals surface area contributed by atoms with Crippen molar-refractivity contribution in [3.05, 3.63) is 28.2 Å². The van der Waals surface area contributed by atoms with Crippen LogP contribution < -0.4 is 4.74 Å². The van der Waals surface area contributed by atoms with Gasteiger partial charge in [-0.3, -0.25) is 4.79 Å². The number of hydrogen-bond acceptors (Lipinski definition) is 6. The van der Waals surface area contributed by atoms with Crippen molar-refractivity contribution in [3.8, 4) is 18.1 Å². The van der Waals surface area contributed by atoms with Crippen LogP contribution in [0.15, 0.2) is 18.2 Å². The van der Waals surface area contributed by atoms with Gasteiger partial charge in [-0.05, 0) is 18.2 Å². The molecule has 0 heterocycles. The molecule has 1 aromatic carbocycles. The van der Waals surface area contributed by atoms with E-state index in [-0.39, 0.29) is 30.4 Å². The minimum Gasteiger partial charge on any atom is -0.425 e. The van der Waals surface area contributed by atoms with Crippen LogP contribution in [0.5, 0.6) is 5.75 Å². The quantitative estimate of drug-likeness (QED) is 0.205. The molecule has 26 heavy (non-hydrogen) atoms. The third-order valence-electron chi connectivity index (χ3n) is 2.87. The lowest BCUT2D eigenvalue weighted by molar-refractivity contribution is -0.135. The lowest BCUT2D eigenvalue weighted by Crippen LogP contribution is -2.14. The number of carbonyl (C=O) groups is 1. The third-order valence-corrected chi connectivity index (χ3v) is 3.40. The number of esters is 1. The Morgan fingerprint density at radius 3 is 2.08 bits per heavy atom. The van der Waals surface area contributed by atoms with Gasteiger partial charge in [-0.2, -0.15) is 0 Å². The molecule has 144 valence electrons. The molecule has 0 N–H and O–H groups in total. The molecule has 0 fully saturated rings. The molecule has 0 spiro atoms. The van der Waals surface area contributed by atoms with Crippen molar-refractivity contribution in [1.82, 2.24) is 0 Å². The second-order valence-corrected chi connectivity index (χ2v) is 5.74. The van der Waals surface area contributed by atoms with Gasteiger partial charge in [0.1, 0.15) is 12.4 Å². The minimum atomic E-state index is -0.435. The highest BCUT2D eigenvalue weighted by molar-refractivity contribution is 6.35. The Morgan fingerprint density at radius 2 is 1.50 bits per heavy atom. The summed E-state index contributed by atoms with van der Waals surface area (Å²) >= 11 is 11.7. The van der Waals surface area contributed by atoms with Crippen molar-refractivity contribution in [3.63, 3.8) is 0 Å². The summed E-state index contributed by atoms with van der Waals surface area (Å²) in [6, 6.07) is 4.65. The average molecular weight is 405 g/mol. The zero-order chi connectivity index (χ0) is 19.0. The summed E-state index contributed by atoms with van der Waals surface area (Å²) in [6.07, 6.45) is 5.15. The van der Waals surface area contributed by atoms with E-state index in [9.17, 15) is 4.79 Å². The molecule has 0 amide bonds. The third kappa shape index (κ3) is 11.3. The van der Waals surface area contributed by atoms with E-state index in [0.717, 1.165) is 0 Å². The van der Waals surface area contributed by atoms with Crippen LogP contribution in [0.1, 0.15) is 6.42 Å². The summed E-state index contributed by atoms with van der Waals surface area (Å²) in [5, 5.41) is 0.755. The van der Waals surface area contributed by atoms with Crippen LogP contribution >= 0.6 is 23.2 Å². The highest BCUT2D eigenvalue weighted by Gasteiger charge is 2.08. The molecule has 1 rings (SSSR count). The lowest BCUT2D eigenvalue weighted by Gasteiger charge is -2.08. The van der Waals surface area contributed by atoms with E-state index in [2.05, 4.69) is 5.92 Å². The number of rotatable bonds is 14. The maximum absolute atomic E-state index is 11.7. The molecule has 6 nitrogen and oxygen atoms in total. The monoisotopic (exact) mass is 404 g/mol. The zero-order valence-electron chi connectivity index (χ0n) is 14.4. The number of benzene rings is 1. The Labute approximate surface area is 163 Å². The van der Waals surface area contributed by atoms with Crippen molar-refractivity contribution in [1.29, 1.82) is 0 Å². The van der Waals surface area contributed by atoms with E-state index in [4.69, 9.17) is 53.3 Å². The fraction of sp³-hybridized carbons (Fsp3) is 0.500. The summed E-state index contributed by atoms with van der Waals surface area (Å²) in [5.41, 5.74) is 0. The molecule has 1 aromatic rings. The molecular formula is C18H22Cl2O6. The van der Waals surface area contributed by atoms with Crippen molar-refractivity contribution in [2.24, 2.45) is 0 Å². The van der Waals surface area contributed by atoms with Crippen LogP contribution in [0, 0.1) is 12.3 Å². The van der Waals surface area contributed by atoms with E-state index in [1.807, 2.05) is 0 Å². The molecule has 0 aliphatic heterocycles. The van der Waals surface area contributed by atoms with Gasteiger partial charge in [0.05, 0.1) is 57.7 Å². The van der Waals surface area contributed by atoms with Crippen molar-refractivity contribution >= 4 is 29.2 Å². The molecule has 0 aromatic heterocycles. The Balaban J connectivity index is 1.92. The second kappa shape index (κ2) is 14.8. The second-order valence-electron chi connectivity index (χ2n) is 4.89. The Morgan fingerprint density at radius 1 is 0.923 bits per heavy atom. The van der Waals surface area contributed by atoms with Gasteiger partial charge < -0.3 is 23.7 Å². The van der Waals surface area contributed by atoms with E-state index < -0.39 is 5.97 Å². The standard InChI is InChI=1S/C18H22Cl2O6/c1-2-6-22-8-10-24-12-13-25-11-9-23-7-5-18(21)26-17-4-3-15(19)14-16(17)20/h1,3-4,14H,5-13H2. The first-order valence-corrected chi connectivity index (χ1v) is 8.79. The smallest absolute Gasteiger partial charge is 0.313 e. The topological polar surface area (TPSA) is 63.2 Å². The predicted octanol–water partition coefficient (Wildman–Crippen LogP) is 2.99.